The van der Waals surface area contributed by atoms with Crippen LogP contribution < -0.4 is 0 Å². The maximum atomic E-state index is 6.27. The fourth-order valence-corrected chi connectivity index (χ4v) is 2.36. The van der Waals surface area contributed by atoms with E-state index in [9.17, 15) is 0 Å². The van der Waals surface area contributed by atoms with Gasteiger partial charge in [0.25, 0.3) is 0 Å². The smallest absolute Gasteiger partial charge is 0.133 e. The molecule has 2 heteroatoms. The highest BCUT2D eigenvalue weighted by Gasteiger charge is 2.03. The zero-order valence-corrected chi connectivity index (χ0v) is 11.8. The maximum absolute atomic E-state index is 6.27. The highest BCUT2D eigenvalue weighted by molar-refractivity contribution is 6.31. The molecule has 0 saturated heterocycles. The van der Waals surface area contributed by atoms with Crippen molar-refractivity contribution in [3.63, 3.8) is 0 Å². The monoisotopic (exact) mass is 256 g/mol. The first-order valence-corrected chi connectivity index (χ1v) is 7.41. The second kappa shape index (κ2) is 9.58. The third-order valence-electron chi connectivity index (χ3n) is 3.10. The quantitative estimate of drug-likeness (QED) is 0.629. The molecule has 0 aromatic rings. The summed E-state index contributed by atoms with van der Waals surface area (Å²) in [5, 5.41) is 0.797. The lowest BCUT2D eigenvalue weighted by Gasteiger charge is -2.07. The first kappa shape index (κ1) is 14.6. The SMILES string of the molecule is CCOC1=C/CCCCCCCCC/C=C\1Cl. The highest BCUT2D eigenvalue weighted by atomic mass is 35.5. The summed E-state index contributed by atoms with van der Waals surface area (Å²) < 4.78 is 5.59. The molecule has 0 bridgehead atoms. The molecule has 0 spiro atoms. The van der Waals surface area contributed by atoms with E-state index < -0.39 is 0 Å². The lowest BCUT2D eigenvalue weighted by molar-refractivity contribution is 0.239. The Hall–Kier alpha value is -0.430. The molecule has 17 heavy (non-hydrogen) atoms. The lowest BCUT2D eigenvalue weighted by atomic mass is 10.1. The lowest BCUT2D eigenvalue weighted by Crippen LogP contribution is -1.92. The second-order valence-electron chi connectivity index (χ2n) is 4.61. The van der Waals surface area contributed by atoms with Gasteiger partial charge in [0.05, 0.1) is 11.6 Å². The number of hydrogen-bond donors (Lipinski definition) is 0. The summed E-state index contributed by atoms with van der Waals surface area (Å²) in [5.74, 6) is 0.883. The van der Waals surface area contributed by atoms with E-state index in [2.05, 4.69) is 12.2 Å². The molecule has 0 unspecified atom stereocenters. The van der Waals surface area contributed by atoms with Gasteiger partial charge in [-0.05, 0) is 38.7 Å². The van der Waals surface area contributed by atoms with Gasteiger partial charge in [0.2, 0.25) is 0 Å². The van der Waals surface area contributed by atoms with Crippen LogP contribution in [0.3, 0.4) is 0 Å². The Bertz CT molecular complexity index is 256. The zero-order valence-electron chi connectivity index (χ0n) is 11.0. The van der Waals surface area contributed by atoms with Gasteiger partial charge in [-0.15, -0.1) is 0 Å². The van der Waals surface area contributed by atoms with E-state index in [-0.39, 0.29) is 0 Å². The molecule has 98 valence electrons. The predicted octanol–water partition coefficient (Wildman–Crippen LogP) is 5.55. The van der Waals surface area contributed by atoms with Crippen LogP contribution in [-0.4, -0.2) is 6.61 Å². The van der Waals surface area contributed by atoms with Gasteiger partial charge >= 0.3 is 0 Å². The molecule has 0 aromatic carbocycles. The van der Waals surface area contributed by atoms with E-state index in [0.717, 1.165) is 23.6 Å². The molecule has 0 aromatic heterocycles. The molecule has 0 radical (unpaired) electrons. The third kappa shape index (κ3) is 6.78. The van der Waals surface area contributed by atoms with Gasteiger partial charge in [0.1, 0.15) is 5.76 Å². The minimum absolute atomic E-state index is 0.690. The minimum Gasteiger partial charge on any atom is -0.493 e. The van der Waals surface area contributed by atoms with Gasteiger partial charge in [-0.3, -0.25) is 0 Å². The summed E-state index contributed by atoms with van der Waals surface area (Å²) in [4.78, 5) is 0. The van der Waals surface area contributed by atoms with E-state index in [1.54, 1.807) is 0 Å². The number of ether oxygens (including phenoxy) is 1. The molecule has 1 aliphatic carbocycles. The zero-order chi connectivity index (χ0) is 12.3. The molecule has 1 rings (SSSR count). The summed E-state index contributed by atoms with van der Waals surface area (Å²) in [7, 11) is 0. The van der Waals surface area contributed by atoms with Gasteiger partial charge in [0, 0.05) is 0 Å². The van der Waals surface area contributed by atoms with Crippen molar-refractivity contribution in [3.05, 3.63) is 22.9 Å². The largest absolute Gasteiger partial charge is 0.493 e. The fraction of sp³-hybridized carbons (Fsp3) is 0.733. The maximum Gasteiger partial charge on any atom is 0.133 e. The minimum atomic E-state index is 0.690. The van der Waals surface area contributed by atoms with E-state index in [1.807, 2.05) is 6.92 Å². The molecule has 0 saturated carbocycles. The average Bonchev–Trinajstić information content (AvgIpc) is 2.35. The van der Waals surface area contributed by atoms with Crippen LogP contribution in [0.15, 0.2) is 22.9 Å². The highest BCUT2D eigenvalue weighted by Crippen LogP contribution is 2.21. The van der Waals surface area contributed by atoms with Crippen molar-refractivity contribution in [2.75, 3.05) is 6.61 Å². The van der Waals surface area contributed by atoms with Crippen LogP contribution in [0.1, 0.15) is 64.7 Å². The van der Waals surface area contributed by atoms with Crippen molar-refractivity contribution in [2.24, 2.45) is 0 Å². The molecule has 0 fully saturated rings. The van der Waals surface area contributed by atoms with Crippen molar-refractivity contribution in [2.45, 2.75) is 64.7 Å². The number of rotatable bonds is 2. The van der Waals surface area contributed by atoms with Gasteiger partial charge in [-0.1, -0.05) is 49.8 Å². The molecule has 1 aliphatic rings. The topological polar surface area (TPSA) is 9.23 Å². The molecular formula is C15H25ClO. The summed E-state index contributed by atoms with van der Waals surface area (Å²) >= 11 is 6.27. The normalized spacial score (nSPS) is 26.5. The van der Waals surface area contributed by atoms with Crippen LogP contribution in [0.25, 0.3) is 0 Å². The van der Waals surface area contributed by atoms with E-state index in [0.29, 0.717) is 6.61 Å². The first-order chi connectivity index (χ1) is 8.34. The fourth-order valence-electron chi connectivity index (χ4n) is 2.12. The van der Waals surface area contributed by atoms with Crippen LogP contribution in [-0.2, 0) is 4.74 Å². The Kier molecular flexibility index (Phi) is 8.25. The molecule has 1 nitrogen and oxygen atoms in total. The van der Waals surface area contributed by atoms with Crippen molar-refractivity contribution >= 4 is 11.6 Å². The number of allylic oxidation sites excluding steroid dienone is 3. The van der Waals surface area contributed by atoms with Crippen molar-refractivity contribution in [1.82, 2.24) is 0 Å². The average molecular weight is 257 g/mol. The molecule has 0 heterocycles. The Labute approximate surface area is 111 Å². The first-order valence-electron chi connectivity index (χ1n) is 7.03. The van der Waals surface area contributed by atoms with Crippen LogP contribution in [0.2, 0.25) is 0 Å². The van der Waals surface area contributed by atoms with Crippen molar-refractivity contribution < 1.29 is 4.74 Å². The van der Waals surface area contributed by atoms with Crippen molar-refractivity contribution in [3.8, 4) is 0 Å². The Balaban J connectivity index is 2.56. The van der Waals surface area contributed by atoms with Crippen LogP contribution in [0.5, 0.6) is 0 Å². The Morgan fingerprint density at radius 3 is 2.06 bits per heavy atom. The predicted molar refractivity (Wildman–Crippen MR) is 75.2 cm³/mol. The number of halogens is 1. The summed E-state index contributed by atoms with van der Waals surface area (Å²) in [6, 6.07) is 0. The van der Waals surface area contributed by atoms with E-state index in [1.165, 1.54) is 44.9 Å². The van der Waals surface area contributed by atoms with E-state index in [4.69, 9.17) is 16.3 Å². The van der Waals surface area contributed by atoms with Gasteiger partial charge < -0.3 is 4.74 Å². The summed E-state index contributed by atoms with van der Waals surface area (Å²) in [6.07, 6.45) is 15.7. The number of hydrogen-bond acceptors (Lipinski definition) is 1. The molecule has 0 atom stereocenters. The van der Waals surface area contributed by atoms with Crippen LogP contribution in [0, 0.1) is 0 Å². The van der Waals surface area contributed by atoms with Crippen LogP contribution >= 0.6 is 11.6 Å². The van der Waals surface area contributed by atoms with E-state index >= 15 is 0 Å². The standard InChI is InChI=1S/C15H25ClO/c1-2-17-15-13-11-9-7-5-3-4-6-8-10-12-14(15)16/h12-13H,2-11H2,1H3/b14-12+,15-13+. The van der Waals surface area contributed by atoms with Gasteiger partial charge in [-0.25, -0.2) is 0 Å². The summed E-state index contributed by atoms with van der Waals surface area (Å²) in [6.45, 7) is 2.70. The van der Waals surface area contributed by atoms with Crippen molar-refractivity contribution in [1.29, 1.82) is 0 Å². The Morgan fingerprint density at radius 2 is 1.47 bits per heavy atom. The molecule has 0 amide bonds. The van der Waals surface area contributed by atoms with Gasteiger partial charge in [0.15, 0.2) is 0 Å². The second-order valence-corrected chi connectivity index (χ2v) is 5.01. The third-order valence-corrected chi connectivity index (χ3v) is 3.44. The molecule has 0 N–H and O–H groups in total. The molecule has 0 aliphatic heterocycles. The Morgan fingerprint density at radius 1 is 0.941 bits per heavy atom. The summed E-state index contributed by atoms with van der Waals surface area (Å²) in [5.41, 5.74) is 0. The molecular weight excluding hydrogens is 232 g/mol. The van der Waals surface area contributed by atoms with Crippen LogP contribution in [0.4, 0.5) is 0 Å². The van der Waals surface area contributed by atoms with Gasteiger partial charge in [-0.2, -0.15) is 0 Å².